The third kappa shape index (κ3) is 4.22. The molecule has 1 N–H and O–H groups in total. The lowest BCUT2D eigenvalue weighted by molar-refractivity contribution is -0.0367. The van der Waals surface area contributed by atoms with Crippen LogP contribution >= 0.6 is 0 Å². The van der Waals surface area contributed by atoms with Gasteiger partial charge in [-0.15, -0.1) is 0 Å². The number of nitrogens with zero attached hydrogens (tertiary/aromatic N) is 6. The molecule has 11 nitrogen and oxygen atoms in total. The van der Waals surface area contributed by atoms with Gasteiger partial charge in [-0.3, -0.25) is 0 Å². The van der Waals surface area contributed by atoms with E-state index in [0.29, 0.717) is 42.7 Å². The Hall–Kier alpha value is -4.12. The summed E-state index contributed by atoms with van der Waals surface area (Å²) in [5.41, 5.74) is 3.78. The van der Waals surface area contributed by atoms with Crippen LogP contribution in [0.1, 0.15) is 60.6 Å². The van der Waals surface area contributed by atoms with Gasteiger partial charge in [0.2, 0.25) is 11.8 Å². The second kappa shape index (κ2) is 9.64. The largest absolute Gasteiger partial charge is 0.477 e. The fraction of sp³-hybridized carbons (Fsp3) is 0.407. The van der Waals surface area contributed by atoms with E-state index < -0.39 is 5.97 Å². The molecule has 2 bridgehead atoms. The fourth-order valence-corrected chi connectivity index (χ4v) is 5.09. The van der Waals surface area contributed by atoms with Crippen LogP contribution in [0.25, 0.3) is 34.2 Å². The molecule has 0 spiro atoms. The molecule has 5 heterocycles. The third-order valence-electron chi connectivity index (χ3n) is 7.07. The lowest BCUT2D eigenvalue weighted by atomic mass is 10.0. The van der Waals surface area contributed by atoms with E-state index in [1.807, 2.05) is 43.1 Å². The minimum absolute atomic E-state index is 0.0779. The Bertz CT molecular complexity index is 1540. The van der Waals surface area contributed by atoms with Crippen molar-refractivity contribution in [2.24, 2.45) is 14.1 Å². The van der Waals surface area contributed by atoms with Gasteiger partial charge in [0.15, 0.2) is 11.9 Å². The predicted octanol–water partition coefficient (Wildman–Crippen LogP) is 4.29. The number of fused-ring (bicyclic) bond motifs is 4. The summed E-state index contributed by atoms with van der Waals surface area (Å²) in [5, 5.41) is 24.3. The van der Waals surface area contributed by atoms with Crippen molar-refractivity contribution in [1.29, 1.82) is 0 Å². The number of carboxylic acid groups (broad SMARTS) is 1. The quantitative estimate of drug-likeness (QED) is 0.418. The fourth-order valence-electron chi connectivity index (χ4n) is 5.09. The van der Waals surface area contributed by atoms with Gasteiger partial charge in [-0.1, -0.05) is 6.07 Å². The molecular formula is C27H30N6O5. The average Bonchev–Trinajstić information content (AvgIpc) is 3.56. The lowest BCUT2D eigenvalue weighted by Gasteiger charge is -2.23. The van der Waals surface area contributed by atoms with E-state index in [2.05, 4.69) is 16.3 Å². The molecule has 0 saturated carbocycles. The van der Waals surface area contributed by atoms with Crippen molar-refractivity contribution >= 4 is 29.0 Å². The molecule has 0 amide bonds. The Balaban J connectivity index is 1.56. The molecule has 6 rings (SSSR count). The molecule has 198 valence electrons. The van der Waals surface area contributed by atoms with E-state index in [1.54, 1.807) is 17.8 Å². The number of aromatic carboxylic acids is 1. The molecule has 1 fully saturated rings. The van der Waals surface area contributed by atoms with Crippen molar-refractivity contribution in [3.05, 3.63) is 41.3 Å². The highest BCUT2D eigenvalue weighted by molar-refractivity contribution is 5.96. The minimum atomic E-state index is -1.12. The molecule has 1 aromatic carbocycles. The number of rotatable bonds is 2. The molecule has 0 radical (unpaired) electrons. The number of aromatic nitrogens is 6. The normalized spacial score (nSPS) is 20.6. The van der Waals surface area contributed by atoms with Crippen LogP contribution in [0.15, 0.2) is 24.4 Å². The SMILES string of the molecule is C[C@H]1CCOc2c(c(C(=O)O)nn2C)/C=C/c2nn(C3CCCCO3)c3ccc(cc23)-c2cnn(C)c2O1. The molecule has 2 aliphatic heterocycles. The summed E-state index contributed by atoms with van der Waals surface area (Å²) in [6, 6.07) is 6.18. The molecule has 3 aromatic heterocycles. The first kappa shape index (κ1) is 24.2. The smallest absolute Gasteiger partial charge is 0.357 e. The molecule has 11 heteroatoms. The molecule has 1 unspecified atom stereocenters. The highest BCUT2D eigenvalue weighted by Crippen LogP contribution is 2.36. The van der Waals surface area contributed by atoms with Gasteiger partial charge in [0.05, 0.1) is 35.1 Å². The number of hydrogen-bond donors (Lipinski definition) is 1. The van der Waals surface area contributed by atoms with E-state index in [0.717, 1.165) is 41.3 Å². The topological polar surface area (TPSA) is 118 Å². The Morgan fingerprint density at radius 2 is 1.92 bits per heavy atom. The van der Waals surface area contributed by atoms with Crippen LogP contribution in [0.4, 0.5) is 0 Å². The molecular weight excluding hydrogens is 488 g/mol. The number of benzene rings is 1. The molecule has 2 aliphatic rings. The van der Waals surface area contributed by atoms with Gasteiger partial charge < -0.3 is 19.3 Å². The monoisotopic (exact) mass is 518 g/mol. The van der Waals surface area contributed by atoms with E-state index in [-0.39, 0.29) is 18.0 Å². The van der Waals surface area contributed by atoms with Crippen molar-refractivity contribution in [1.82, 2.24) is 29.3 Å². The molecule has 38 heavy (non-hydrogen) atoms. The molecule has 2 atom stereocenters. The number of ether oxygens (including phenoxy) is 3. The summed E-state index contributed by atoms with van der Waals surface area (Å²) < 4.78 is 23.5. The summed E-state index contributed by atoms with van der Waals surface area (Å²) in [6.07, 6.45) is 8.59. The predicted molar refractivity (Wildman–Crippen MR) is 140 cm³/mol. The molecule has 1 saturated heterocycles. The Morgan fingerprint density at radius 1 is 1.05 bits per heavy atom. The van der Waals surface area contributed by atoms with E-state index >= 15 is 0 Å². The summed E-state index contributed by atoms with van der Waals surface area (Å²) >= 11 is 0. The number of aryl methyl sites for hydroxylation is 2. The Morgan fingerprint density at radius 3 is 2.71 bits per heavy atom. The van der Waals surface area contributed by atoms with Gasteiger partial charge in [-0.25, -0.2) is 18.8 Å². The highest BCUT2D eigenvalue weighted by atomic mass is 16.5. The van der Waals surface area contributed by atoms with Crippen LogP contribution in [0.3, 0.4) is 0 Å². The lowest BCUT2D eigenvalue weighted by Crippen LogP contribution is -2.19. The maximum Gasteiger partial charge on any atom is 0.357 e. The number of hydrogen-bond acceptors (Lipinski definition) is 7. The summed E-state index contributed by atoms with van der Waals surface area (Å²) in [4.78, 5) is 12.0. The average molecular weight is 519 g/mol. The first-order chi connectivity index (χ1) is 18.4. The summed E-state index contributed by atoms with van der Waals surface area (Å²) in [6.45, 7) is 2.99. The van der Waals surface area contributed by atoms with Crippen molar-refractivity contribution in [2.75, 3.05) is 13.2 Å². The highest BCUT2D eigenvalue weighted by Gasteiger charge is 2.25. The van der Waals surface area contributed by atoms with Crippen LogP contribution in [0.2, 0.25) is 0 Å². The zero-order valence-electron chi connectivity index (χ0n) is 21.6. The van der Waals surface area contributed by atoms with Crippen molar-refractivity contribution < 1.29 is 24.1 Å². The summed E-state index contributed by atoms with van der Waals surface area (Å²) in [5.74, 6) is -0.0795. The van der Waals surface area contributed by atoms with Crippen molar-refractivity contribution in [3.63, 3.8) is 0 Å². The maximum absolute atomic E-state index is 12.0. The third-order valence-corrected chi connectivity index (χ3v) is 7.07. The van der Waals surface area contributed by atoms with Crippen molar-refractivity contribution in [3.8, 4) is 22.9 Å². The van der Waals surface area contributed by atoms with Crippen LogP contribution < -0.4 is 9.47 Å². The molecule has 0 aliphatic carbocycles. The van der Waals surface area contributed by atoms with E-state index in [1.165, 1.54) is 4.68 Å². The molecule has 4 aromatic rings. The van der Waals surface area contributed by atoms with Gasteiger partial charge in [0, 0.05) is 32.5 Å². The minimum Gasteiger partial charge on any atom is -0.477 e. The first-order valence-corrected chi connectivity index (χ1v) is 12.8. The zero-order valence-corrected chi connectivity index (χ0v) is 21.6. The van der Waals surface area contributed by atoms with Gasteiger partial charge >= 0.3 is 5.97 Å². The Labute approximate surface area is 219 Å². The van der Waals surface area contributed by atoms with E-state index in [9.17, 15) is 9.90 Å². The first-order valence-electron chi connectivity index (χ1n) is 12.8. The van der Waals surface area contributed by atoms with Crippen LogP contribution in [-0.2, 0) is 18.8 Å². The second-order valence-corrected chi connectivity index (χ2v) is 9.77. The number of carboxylic acids is 1. The maximum atomic E-state index is 12.0. The van der Waals surface area contributed by atoms with Gasteiger partial charge in [0.1, 0.15) is 6.10 Å². The van der Waals surface area contributed by atoms with Crippen LogP contribution in [0, 0.1) is 0 Å². The van der Waals surface area contributed by atoms with E-state index in [4.69, 9.17) is 19.3 Å². The van der Waals surface area contributed by atoms with Gasteiger partial charge in [0.25, 0.3) is 0 Å². The summed E-state index contributed by atoms with van der Waals surface area (Å²) in [7, 11) is 3.53. The van der Waals surface area contributed by atoms with Gasteiger partial charge in [-0.2, -0.15) is 15.3 Å². The van der Waals surface area contributed by atoms with Gasteiger partial charge in [-0.05, 0) is 56.0 Å². The standard InChI is InChI=1S/C27H30N6O5/c1-16-11-13-37-25-18(24(27(34)35)30-32(25)3)8-9-21-19-14-17(20-15-28-31(2)26(20)38-16)7-10-22(19)33(29-21)23-6-4-5-12-36-23/h7-10,14-16,23H,4-6,11-13H2,1-3H3,(H,34,35)/b9-8+/t16-,23?/m0/s1. The van der Waals surface area contributed by atoms with Crippen LogP contribution in [0.5, 0.6) is 11.8 Å². The second-order valence-electron chi connectivity index (χ2n) is 9.77. The van der Waals surface area contributed by atoms with Crippen molar-refractivity contribution in [2.45, 2.75) is 44.9 Å². The van der Waals surface area contributed by atoms with Crippen LogP contribution in [-0.4, -0.2) is 59.7 Å². The Kier molecular flexibility index (Phi) is 6.15. The zero-order chi connectivity index (χ0) is 26.4. The number of carbonyl (C=O) groups is 1.